The van der Waals surface area contributed by atoms with E-state index in [0.717, 1.165) is 0 Å². The van der Waals surface area contributed by atoms with Crippen LogP contribution in [0.15, 0.2) is 37.1 Å². The first-order valence-corrected chi connectivity index (χ1v) is 4.74. The number of hydrogen-bond acceptors (Lipinski definition) is 3. The highest BCUT2D eigenvalue weighted by Gasteiger charge is 2.07. The summed E-state index contributed by atoms with van der Waals surface area (Å²) in [4.78, 5) is 19.5. The number of carbonyl (C=O) groups is 1. The van der Waals surface area contributed by atoms with E-state index in [4.69, 9.17) is 11.6 Å². The van der Waals surface area contributed by atoms with E-state index in [1.807, 2.05) is 0 Å². The number of rotatable bonds is 3. The molecule has 0 fully saturated rings. The van der Waals surface area contributed by atoms with Gasteiger partial charge in [-0.15, -0.1) is 0 Å². The first-order valence-electron chi connectivity index (χ1n) is 4.36. The average Bonchev–Trinajstić information content (AvgIpc) is 2.71. The molecule has 0 amide bonds. The fourth-order valence-corrected chi connectivity index (χ4v) is 1.28. The van der Waals surface area contributed by atoms with Crippen LogP contribution in [0.5, 0.6) is 0 Å². The van der Waals surface area contributed by atoms with E-state index in [9.17, 15) is 4.79 Å². The van der Waals surface area contributed by atoms with E-state index in [0.29, 0.717) is 10.7 Å². The lowest BCUT2D eigenvalue weighted by atomic mass is 10.2. The van der Waals surface area contributed by atoms with Crippen LogP contribution >= 0.6 is 11.6 Å². The van der Waals surface area contributed by atoms with Gasteiger partial charge >= 0.3 is 0 Å². The van der Waals surface area contributed by atoms with Crippen molar-refractivity contribution >= 4 is 17.4 Å². The van der Waals surface area contributed by atoms with E-state index in [-0.39, 0.29) is 12.3 Å². The maximum Gasteiger partial charge on any atom is 0.200 e. The lowest BCUT2D eigenvalue weighted by Crippen LogP contribution is -2.10. The van der Waals surface area contributed by atoms with Gasteiger partial charge in [-0.3, -0.25) is 9.78 Å². The minimum absolute atomic E-state index is 0.0651. The highest BCUT2D eigenvalue weighted by Crippen LogP contribution is 2.07. The number of ketones is 1. The van der Waals surface area contributed by atoms with Crippen LogP contribution in [0.25, 0.3) is 0 Å². The van der Waals surface area contributed by atoms with E-state index < -0.39 is 0 Å². The maximum atomic E-state index is 11.7. The van der Waals surface area contributed by atoms with Crippen molar-refractivity contribution in [3.05, 3.63) is 47.8 Å². The molecule has 2 aromatic rings. The van der Waals surface area contributed by atoms with Crippen LogP contribution < -0.4 is 0 Å². The van der Waals surface area contributed by atoms with Crippen LogP contribution in [0.2, 0.25) is 5.02 Å². The zero-order valence-corrected chi connectivity index (χ0v) is 8.55. The Labute approximate surface area is 91.5 Å². The first kappa shape index (κ1) is 9.86. The molecule has 4 nitrogen and oxygen atoms in total. The number of Topliss-reactive ketones (excluding diaryl/α,β-unsaturated/α-hetero) is 1. The summed E-state index contributed by atoms with van der Waals surface area (Å²) in [7, 11) is 0. The Bertz CT molecular complexity index is 450. The molecule has 2 aromatic heterocycles. The number of nitrogens with zero attached hydrogens (tertiary/aromatic N) is 3. The van der Waals surface area contributed by atoms with Gasteiger partial charge in [0.1, 0.15) is 5.69 Å². The smallest absolute Gasteiger partial charge is 0.200 e. The molecular formula is C10H8ClN3O. The van der Waals surface area contributed by atoms with Gasteiger partial charge < -0.3 is 4.57 Å². The molecule has 0 N–H and O–H groups in total. The molecule has 0 unspecified atom stereocenters. The fraction of sp³-hybridized carbons (Fsp3) is 0.100. The first-order chi connectivity index (χ1) is 7.25. The molecule has 0 saturated carbocycles. The summed E-state index contributed by atoms with van der Waals surface area (Å²) in [5.74, 6) is -0.0651. The third-order valence-corrected chi connectivity index (χ3v) is 2.12. The molecule has 0 aromatic carbocycles. The van der Waals surface area contributed by atoms with E-state index in [2.05, 4.69) is 9.97 Å². The monoisotopic (exact) mass is 221 g/mol. The van der Waals surface area contributed by atoms with Crippen molar-refractivity contribution in [1.82, 2.24) is 14.5 Å². The second kappa shape index (κ2) is 4.23. The highest BCUT2D eigenvalue weighted by atomic mass is 35.5. The summed E-state index contributed by atoms with van der Waals surface area (Å²) >= 11 is 5.67. The highest BCUT2D eigenvalue weighted by molar-refractivity contribution is 6.30. The predicted molar refractivity (Wildman–Crippen MR) is 55.8 cm³/mol. The standard InChI is InChI=1S/C10H8ClN3O/c11-8-1-2-9(13-5-8)10(15)6-14-4-3-12-7-14/h1-5,7H,6H2. The normalized spacial score (nSPS) is 10.2. The summed E-state index contributed by atoms with van der Waals surface area (Å²) in [5.41, 5.74) is 0.410. The number of pyridine rings is 1. The van der Waals surface area contributed by atoms with Gasteiger partial charge in [-0.2, -0.15) is 0 Å². The van der Waals surface area contributed by atoms with E-state index >= 15 is 0 Å². The van der Waals surface area contributed by atoms with Crippen LogP contribution in [0.3, 0.4) is 0 Å². The number of carbonyl (C=O) groups excluding carboxylic acids is 1. The lowest BCUT2D eigenvalue weighted by molar-refractivity contribution is 0.0967. The number of halogens is 1. The number of hydrogen-bond donors (Lipinski definition) is 0. The molecule has 0 atom stereocenters. The Morgan fingerprint density at radius 3 is 2.93 bits per heavy atom. The summed E-state index contributed by atoms with van der Waals surface area (Å²) in [6.45, 7) is 0.245. The van der Waals surface area contributed by atoms with E-state index in [1.165, 1.54) is 6.20 Å². The summed E-state index contributed by atoms with van der Waals surface area (Å²) in [6.07, 6.45) is 6.41. The Morgan fingerprint density at radius 1 is 1.47 bits per heavy atom. The van der Waals surface area contributed by atoms with Gasteiger partial charge in [-0.25, -0.2) is 4.98 Å². The number of aromatic nitrogens is 3. The zero-order valence-electron chi connectivity index (χ0n) is 7.80. The van der Waals surface area contributed by atoms with E-state index in [1.54, 1.807) is 35.4 Å². The SMILES string of the molecule is O=C(Cn1ccnc1)c1ccc(Cl)cn1. The third-order valence-electron chi connectivity index (χ3n) is 1.90. The predicted octanol–water partition coefficient (Wildman–Crippen LogP) is 1.81. The maximum absolute atomic E-state index is 11.7. The molecule has 0 aliphatic rings. The van der Waals surface area contributed by atoms with Crippen LogP contribution in [0, 0.1) is 0 Å². The molecule has 2 heterocycles. The minimum atomic E-state index is -0.0651. The Balaban J connectivity index is 2.11. The van der Waals surface area contributed by atoms with Gasteiger partial charge in [0.25, 0.3) is 0 Å². The van der Waals surface area contributed by atoms with Crippen molar-refractivity contribution in [2.24, 2.45) is 0 Å². The Hall–Kier alpha value is -1.68. The Kier molecular flexibility index (Phi) is 2.78. The van der Waals surface area contributed by atoms with Gasteiger partial charge in [0, 0.05) is 18.6 Å². The summed E-state index contributed by atoms with van der Waals surface area (Å²) in [5, 5.41) is 0.522. The van der Waals surface area contributed by atoms with Crippen LogP contribution in [0.4, 0.5) is 0 Å². The van der Waals surface area contributed by atoms with Gasteiger partial charge in [-0.05, 0) is 12.1 Å². The van der Waals surface area contributed by atoms with Gasteiger partial charge in [-0.1, -0.05) is 11.6 Å². The molecule has 76 valence electrons. The molecule has 0 saturated heterocycles. The summed E-state index contributed by atoms with van der Waals surface area (Å²) < 4.78 is 1.69. The third kappa shape index (κ3) is 2.41. The van der Waals surface area contributed by atoms with Gasteiger partial charge in [0.05, 0.1) is 17.9 Å². The molecule has 0 radical (unpaired) electrons. The largest absolute Gasteiger partial charge is 0.330 e. The second-order valence-corrected chi connectivity index (χ2v) is 3.46. The molecule has 2 rings (SSSR count). The van der Waals surface area contributed by atoms with Crippen molar-refractivity contribution in [3.63, 3.8) is 0 Å². The van der Waals surface area contributed by atoms with Crippen molar-refractivity contribution < 1.29 is 4.79 Å². The fourth-order valence-electron chi connectivity index (χ4n) is 1.17. The van der Waals surface area contributed by atoms with Crippen molar-refractivity contribution in [1.29, 1.82) is 0 Å². The van der Waals surface area contributed by atoms with Gasteiger partial charge in [0.15, 0.2) is 0 Å². The quantitative estimate of drug-likeness (QED) is 0.743. The zero-order chi connectivity index (χ0) is 10.7. The second-order valence-electron chi connectivity index (χ2n) is 3.02. The van der Waals surface area contributed by atoms with Crippen molar-refractivity contribution in [2.75, 3.05) is 0 Å². The molecule has 15 heavy (non-hydrogen) atoms. The molecular weight excluding hydrogens is 214 g/mol. The molecule has 0 aliphatic carbocycles. The summed E-state index contributed by atoms with van der Waals surface area (Å²) in [6, 6.07) is 3.26. The molecule has 0 aliphatic heterocycles. The average molecular weight is 222 g/mol. The van der Waals surface area contributed by atoms with Crippen LogP contribution in [-0.4, -0.2) is 20.3 Å². The minimum Gasteiger partial charge on any atom is -0.330 e. The topological polar surface area (TPSA) is 47.8 Å². The molecule has 5 heteroatoms. The Morgan fingerprint density at radius 2 is 2.33 bits per heavy atom. The van der Waals surface area contributed by atoms with Crippen molar-refractivity contribution in [2.45, 2.75) is 6.54 Å². The van der Waals surface area contributed by atoms with Gasteiger partial charge in [0.2, 0.25) is 5.78 Å². The molecule has 0 spiro atoms. The lowest BCUT2D eigenvalue weighted by Gasteiger charge is -2.00. The molecule has 0 bridgehead atoms. The number of imidazole rings is 1. The van der Waals surface area contributed by atoms with Crippen molar-refractivity contribution in [3.8, 4) is 0 Å². The van der Waals surface area contributed by atoms with Crippen LogP contribution in [-0.2, 0) is 6.54 Å². The van der Waals surface area contributed by atoms with Crippen LogP contribution in [0.1, 0.15) is 10.5 Å².